The highest BCUT2D eigenvalue weighted by Gasteiger charge is 2.16. The van der Waals surface area contributed by atoms with Crippen LogP contribution >= 0.6 is 0 Å². The summed E-state index contributed by atoms with van der Waals surface area (Å²) >= 11 is 0. The van der Waals surface area contributed by atoms with Gasteiger partial charge in [0.15, 0.2) is 11.5 Å². The first-order valence-corrected chi connectivity index (χ1v) is 8.95. The molecule has 2 heterocycles. The predicted octanol–water partition coefficient (Wildman–Crippen LogP) is 1.34. The Balaban J connectivity index is 1.62. The highest BCUT2D eigenvalue weighted by Crippen LogP contribution is 2.32. The molecule has 1 amide bonds. The van der Waals surface area contributed by atoms with Crippen molar-refractivity contribution in [2.24, 2.45) is 0 Å². The third kappa shape index (κ3) is 4.58. The van der Waals surface area contributed by atoms with Crippen molar-refractivity contribution in [3.05, 3.63) is 55.9 Å². The fourth-order valence-electron chi connectivity index (χ4n) is 3.01. The van der Waals surface area contributed by atoms with E-state index in [-0.39, 0.29) is 24.8 Å². The summed E-state index contributed by atoms with van der Waals surface area (Å²) in [5.74, 6) is 1.21. The highest BCUT2D eigenvalue weighted by molar-refractivity contribution is 5.76. The molecule has 1 aromatic carbocycles. The minimum absolute atomic E-state index is 0.144. The van der Waals surface area contributed by atoms with Gasteiger partial charge in [-0.1, -0.05) is 6.07 Å². The van der Waals surface area contributed by atoms with Crippen molar-refractivity contribution in [2.45, 2.75) is 39.2 Å². The molecular formula is C19H23N3O5. The monoisotopic (exact) mass is 373 g/mol. The summed E-state index contributed by atoms with van der Waals surface area (Å²) in [7, 11) is 0. The number of benzene rings is 1. The molecule has 1 aliphatic heterocycles. The number of carbonyl (C=O) groups is 1. The normalized spacial score (nSPS) is 14.3. The third-order valence-corrected chi connectivity index (χ3v) is 4.51. The van der Waals surface area contributed by atoms with Crippen molar-refractivity contribution in [3.8, 4) is 11.5 Å². The lowest BCUT2D eigenvalue weighted by Crippen LogP contribution is -2.30. The SMILES string of the molecule is Cc1[nH]c(=O)[nH]c(=O)c1CCC(=O)NC(C)c1ccc2c(c1)OCCCO2. The number of hydrogen-bond donors (Lipinski definition) is 3. The highest BCUT2D eigenvalue weighted by atomic mass is 16.5. The number of rotatable bonds is 5. The van der Waals surface area contributed by atoms with E-state index < -0.39 is 11.2 Å². The number of aryl methyl sites for hydroxylation is 1. The van der Waals surface area contributed by atoms with Crippen LogP contribution in [-0.4, -0.2) is 29.1 Å². The summed E-state index contributed by atoms with van der Waals surface area (Å²) in [4.78, 5) is 40.1. The van der Waals surface area contributed by atoms with Crippen LogP contribution in [0.3, 0.4) is 0 Å². The molecule has 0 saturated heterocycles. The summed E-state index contributed by atoms with van der Waals surface area (Å²) in [6, 6.07) is 5.41. The molecule has 144 valence electrons. The Bertz CT molecular complexity index is 947. The van der Waals surface area contributed by atoms with Gasteiger partial charge in [0.2, 0.25) is 5.91 Å². The Labute approximate surface area is 155 Å². The number of amides is 1. The summed E-state index contributed by atoms with van der Waals surface area (Å²) in [6.45, 7) is 4.76. The van der Waals surface area contributed by atoms with Crippen molar-refractivity contribution in [1.29, 1.82) is 0 Å². The number of aromatic nitrogens is 2. The van der Waals surface area contributed by atoms with Gasteiger partial charge in [0, 0.05) is 24.1 Å². The third-order valence-electron chi connectivity index (χ3n) is 4.51. The van der Waals surface area contributed by atoms with Crippen LogP contribution < -0.4 is 26.0 Å². The van der Waals surface area contributed by atoms with Gasteiger partial charge in [0.1, 0.15) is 0 Å². The van der Waals surface area contributed by atoms with E-state index in [9.17, 15) is 14.4 Å². The van der Waals surface area contributed by atoms with Gasteiger partial charge >= 0.3 is 5.69 Å². The van der Waals surface area contributed by atoms with E-state index in [4.69, 9.17) is 9.47 Å². The van der Waals surface area contributed by atoms with E-state index in [2.05, 4.69) is 15.3 Å². The Morgan fingerprint density at radius 2 is 1.93 bits per heavy atom. The number of fused-ring (bicyclic) bond motifs is 1. The van der Waals surface area contributed by atoms with Crippen LogP contribution in [0.5, 0.6) is 11.5 Å². The van der Waals surface area contributed by atoms with E-state index >= 15 is 0 Å². The lowest BCUT2D eigenvalue weighted by Gasteiger charge is -2.16. The minimum atomic E-state index is -0.547. The van der Waals surface area contributed by atoms with Gasteiger partial charge in [-0.25, -0.2) is 4.79 Å². The maximum absolute atomic E-state index is 12.3. The lowest BCUT2D eigenvalue weighted by atomic mass is 10.1. The molecule has 3 N–H and O–H groups in total. The zero-order valence-electron chi connectivity index (χ0n) is 15.4. The second kappa shape index (κ2) is 8.11. The standard InChI is InChI=1S/C19H23N3O5/c1-11(13-4-6-15-16(10-13)27-9-3-8-26-15)20-17(23)7-5-14-12(2)21-19(25)22-18(14)24/h4,6,10-11H,3,5,7-9H2,1-2H3,(H,20,23)(H2,21,22,24,25). The minimum Gasteiger partial charge on any atom is -0.490 e. The molecule has 0 spiro atoms. The fraction of sp³-hybridized carbons (Fsp3) is 0.421. The molecule has 0 radical (unpaired) electrons. The first-order chi connectivity index (χ1) is 12.9. The molecule has 1 aliphatic rings. The van der Waals surface area contributed by atoms with E-state index in [1.54, 1.807) is 6.92 Å². The largest absolute Gasteiger partial charge is 0.490 e. The van der Waals surface area contributed by atoms with Crippen molar-refractivity contribution in [3.63, 3.8) is 0 Å². The molecule has 1 aromatic heterocycles. The molecular weight excluding hydrogens is 350 g/mol. The summed E-state index contributed by atoms with van der Waals surface area (Å²) in [5, 5.41) is 2.92. The quantitative estimate of drug-likeness (QED) is 0.732. The maximum Gasteiger partial charge on any atom is 0.325 e. The van der Waals surface area contributed by atoms with Crippen molar-refractivity contribution >= 4 is 5.91 Å². The van der Waals surface area contributed by atoms with Gasteiger partial charge in [-0.05, 0) is 38.0 Å². The average molecular weight is 373 g/mol. The molecule has 3 rings (SSSR count). The average Bonchev–Trinajstić information content (AvgIpc) is 2.85. The topological polar surface area (TPSA) is 113 Å². The fourth-order valence-corrected chi connectivity index (χ4v) is 3.01. The summed E-state index contributed by atoms with van der Waals surface area (Å²) < 4.78 is 11.3. The Hall–Kier alpha value is -3.03. The van der Waals surface area contributed by atoms with Crippen LogP contribution in [0.2, 0.25) is 0 Å². The molecule has 1 atom stereocenters. The van der Waals surface area contributed by atoms with Gasteiger partial charge in [-0.15, -0.1) is 0 Å². The van der Waals surface area contributed by atoms with Gasteiger partial charge in [0.05, 0.1) is 19.3 Å². The molecule has 8 nitrogen and oxygen atoms in total. The Morgan fingerprint density at radius 1 is 1.19 bits per heavy atom. The second-order valence-corrected chi connectivity index (χ2v) is 6.56. The zero-order valence-corrected chi connectivity index (χ0v) is 15.4. The predicted molar refractivity (Wildman–Crippen MR) is 99.3 cm³/mol. The molecule has 1 unspecified atom stereocenters. The van der Waals surface area contributed by atoms with Crippen molar-refractivity contribution in [1.82, 2.24) is 15.3 Å². The van der Waals surface area contributed by atoms with Crippen LogP contribution in [0.25, 0.3) is 0 Å². The number of ether oxygens (including phenoxy) is 2. The summed E-state index contributed by atoms with van der Waals surface area (Å²) in [6.07, 6.45) is 1.22. The number of aromatic amines is 2. The first-order valence-electron chi connectivity index (χ1n) is 8.95. The van der Waals surface area contributed by atoms with Gasteiger partial charge in [-0.2, -0.15) is 0 Å². The molecule has 27 heavy (non-hydrogen) atoms. The van der Waals surface area contributed by atoms with Crippen molar-refractivity contribution < 1.29 is 14.3 Å². The maximum atomic E-state index is 12.3. The van der Waals surface area contributed by atoms with Crippen LogP contribution in [0.15, 0.2) is 27.8 Å². The number of carbonyl (C=O) groups excluding carboxylic acids is 1. The molecule has 0 bridgehead atoms. The van der Waals surface area contributed by atoms with Gasteiger partial charge in [-0.3, -0.25) is 14.6 Å². The number of hydrogen-bond acceptors (Lipinski definition) is 5. The smallest absolute Gasteiger partial charge is 0.325 e. The van der Waals surface area contributed by atoms with Crippen LogP contribution in [0.1, 0.15) is 42.6 Å². The zero-order chi connectivity index (χ0) is 19.4. The Kier molecular flexibility index (Phi) is 5.63. The van der Waals surface area contributed by atoms with Crippen LogP contribution in [0, 0.1) is 6.92 Å². The van der Waals surface area contributed by atoms with Crippen LogP contribution in [-0.2, 0) is 11.2 Å². The van der Waals surface area contributed by atoms with E-state index in [0.717, 1.165) is 12.0 Å². The molecule has 0 saturated carbocycles. The Morgan fingerprint density at radius 3 is 2.67 bits per heavy atom. The summed E-state index contributed by atoms with van der Waals surface area (Å²) in [5.41, 5.74) is 0.792. The number of H-pyrrole nitrogens is 2. The van der Waals surface area contributed by atoms with E-state index in [1.807, 2.05) is 25.1 Å². The van der Waals surface area contributed by atoms with Crippen LogP contribution in [0.4, 0.5) is 0 Å². The number of nitrogens with one attached hydrogen (secondary N) is 3. The van der Waals surface area contributed by atoms with Crippen molar-refractivity contribution in [2.75, 3.05) is 13.2 Å². The molecule has 0 aliphatic carbocycles. The molecule has 8 heteroatoms. The molecule has 2 aromatic rings. The first kappa shape index (κ1) is 18.8. The van der Waals surface area contributed by atoms with E-state index in [0.29, 0.717) is 36.0 Å². The van der Waals surface area contributed by atoms with Gasteiger partial charge < -0.3 is 19.8 Å². The lowest BCUT2D eigenvalue weighted by molar-refractivity contribution is -0.121. The second-order valence-electron chi connectivity index (χ2n) is 6.56. The van der Waals surface area contributed by atoms with E-state index in [1.165, 1.54) is 0 Å². The van der Waals surface area contributed by atoms with Gasteiger partial charge in [0.25, 0.3) is 5.56 Å². The molecule has 0 fully saturated rings.